The van der Waals surface area contributed by atoms with Gasteiger partial charge in [-0.2, -0.15) is 0 Å². The van der Waals surface area contributed by atoms with E-state index in [1.807, 2.05) is 44.2 Å². The molecule has 2 aliphatic rings. The smallest absolute Gasteiger partial charge is 0.297 e. The molecule has 0 unspecified atom stereocenters. The molecular weight excluding hydrogens is 482 g/mol. The van der Waals surface area contributed by atoms with Gasteiger partial charge in [-0.1, -0.05) is 24.3 Å². The van der Waals surface area contributed by atoms with Gasteiger partial charge in [-0.25, -0.2) is 4.98 Å². The molecule has 4 N–H and O–H groups in total. The minimum atomic E-state index is -0.436. The summed E-state index contributed by atoms with van der Waals surface area (Å²) < 4.78 is 7.62. The fourth-order valence-electron chi connectivity index (χ4n) is 4.53. The van der Waals surface area contributed by atoms with Crippen LogP contribution < -0.4 is 26.2 Å². The van der Waals surface area contributed by atoms with Crippen LogP contribution in [0.5, 0.6) is 5.75 Å². The van der Waals surface area contributed by atoms with E-state index in [1.165, 1.54) is 0 Å². The first-order valence-corrected chi connectivity index (χ1v) is 13.2. The second-order valence-corrected chi connectivity index (χ2v) is 10.3. The predicted octanol–water partition coefficient (Wildman–Crippen LogP) is 2.88. The van der Waals surface area contributed by atoms with Gasteiger partial charge in [0.25, 0.3) is 11.5 Å². The van der Waals surface area contributed by atoms with Crippen molar-refractivity contribution in [2.24, 2.45) is 0 Å². The number of nitrogens with zero attached hydrogens (tertiary/aromatic N) is 2. The standard InChI is InChI=1S/C29H35N5O4/c1-19-7-8-21(27(36)32-22-9-10-22)17-24(19)34-15-13-31-26(28(34)37)33-29(11-12-29)23-5-3-4-6-25(23)38-16-14-30-20(2)18-35/h3-8,13,15,17,20,22,30,35H,9-12,14,16,18H2,1-2H3,(H,31,33)(H,32,36)/t20-/m1/s1. The molecule has 0 saturated heterocycles. The molecule has 0 aliphatic heterocycles. The van der Waals surface area contributed by atoms with Gasteiger partial charge in [0.05, 0.1) is 17.8 Å². The van der Waals surface area contributed by atoms with Gasteiger partial charge in [-0.3, -0.25) is 14.2 Å². The summed E-state index contributed by atoms with van der Waals surface area (Å²) in [6, 6.07) is 13.5. The SMILES string of the molecule is Cc1ccc(C(=O)NC2CC2)cc1-n1ccnc(NC2(c3ccccc3OCCN[C@H](C)CO)CC2)c1=O. The Labute approximate surface area is 222 Å². The third-order valence-corrected chi connectivity index (χ3v) is 7.12. The molecule has 9 nitrogen and oxygen atoms in total. The van der Waals surface area contributed by atoms with Crippen molar-refractivity contribution in [3.8, 4) is 11.4 Å². The molecule has 1 amide bonds. The van der Waals surface area contributed by atoms with Crippen LogP contribution in [0.25, 0.3) is 5.69 Å². The fourth-order valence-corrected chi connectivity index (χ4v) is 4.53. The van der Waals surface area contributed by atoms with Crippen molar-refractivity contribution in [3.05, 3.63) is 81.9 Å². The Balaban J connectivity index is 1.37. The fraction of sp³-hybridized carbons (Fsp3) is 0.414. The summed E-state index contributed by atoms with van der Waals surface area (Å²) in [5.41, 5.74) is 2.35. The zero-order valence-corrected chi connectivity index (χ0v) is 21.9. The maximum atomic E-state index is 13.6. The number of rotatable bonds is 12. The summed E-state index contributed by atoms with van der Waals surface area (Å²) in [5, 5.41) is 18.8. The van der Waals surface area contributed by atoms with Crippen LogP contribution in [0.4, 0.5) is 5.82 Å². The summed E-state index contributed by atoms with van der Waals surface area (Å²) in [6.45, 7) is 4.97. The normalized spacial score (nSPS) is 16.5. The number of aromatic nitrogens is 2. The van der Waals surface area contributed by atoms with Crippen molar-refractivity contribution >= 4 is 11.7 Å². The Kier molecular flexibility index (Phi) is 7.49. The lowest BCUT2D eigenvalue weighted by molar-refractivity contribution is 0.0951. The van der Waals surface area contributed by atoms with E-state index in [4.69, 9.17) is 4.74 Å². The number of aliphatic hydroxyl groups excluding tert-OH is 1. The average molecular weight is 518 g/mol. The van der Waals surface area contributed by atoms with E-state index in [2.05, 4.69) is 20.9 Å². The maximum Gasteiger partial charge on any atom is 0.297 e. The van der Waals surface area contributed by atoms with Crippen molar-refractivity contribution < 1.29 is 14.6 Å². The summed E-state index contributed by atoms with van der Waals surface area (Å²) in [7, 11) is 0. The van der Waals surface area contributed by atoms with Crippen molar-refractivity contribution in [2.75, 3.05) is 25.1 Å². The van der Waals surface area contributed by atoms with Gasteiger partial charge in [-0.15, -0.1) is 0 Å². The molecule has 0 bridgehead atoms. The first-order chi connectivity index (χ1) is 18.4. The molecule has 5 rings (SSSR count). The lowest BCUT2D eigenvalue weighted by atomic mass is 10.0. The number of para-hydroxylation sites is 1. The highest BCUT2D eigenvalue weighted by atomic mass is 16.5. The van der Waals surface area contributed by atoms with E-state index in [1.54, 1.807) is 29.1 Å². The third-order valence-electron chi connectivity index (χ3n) is 7.12. The van der Waals surface area contributed by atoms with Crippen LogP contribution in [0.15, 0.2) is 59.7 Å². The van der Waals surface area contributed by atoms with Crippen LogP contribution in [-0.2, 0) is 5.54 Å². The van der Waals surface area contributed by atoms with E-state index >= 15 is 0 Å². The average Bonchev–Trinajstić information content (AvgIpc) is 3.86. The quantitative estimate of drug-likeness (QED) is 0.273. The molecule has 2 fully saturated rings. The van der Waals surface area contributed by atoms with Gasteiger partial charge < -0.3 is 25.8 Å². The minimum absolute atomic E-state index is 0.00789. The summed E-state index contributed by atoms with van der Waals surface area (Å²) in [6.07, 6.45) is 6.96. The Morgan fingerprint density at radius 2 is 2.03 bits per heavy atom. The van der Waals surface area contributed by atoms with E-state index in [0.29, 0.717) is 24.4 Å². The molecule has 2 aromatic carbocycles. The minimum Gasteiger partial charge on any atom is -0.492 e. The van der Waals surface area contributed by atoms with Crippen molar-refractivity contribution in [3.63, 3.8) is 0 Å². The second-order valence-electron chi connectivity index (χ2n) is 10.3. The number of ether oxygens (including phenoxy) is 1. The Bertz CT molecular complexity index is 1360. The molecule has 2 aliphatic carbocycles. The maximum absolute atomic E-state index is 13.6. The monoisotopic (exact) mass is 517 g/mol. The zero-order chi connectivity index (χ0) is 26.7. The van der Waals surface area contributed by atoms with Crippen LogP contribution >= 0.6 is 0 Å². The summed E-state index contributed by atoms with van der Waals surface area (Å²) >= 11 is 0. The molecule has 1 aromatic heterocycles. The van der Waals surface area contributed by atoms with Gasteiger partial charge in [0.15, 0.2) is 5.82 Å². The van der Waals surface area contributed by atoms with Crippen molar-refractivity contribution in [1.29, 1.82) is 0 Å². The number of anilines is 1. The number of hydrogen-bond donors (Lipinski definition) is 4. The van der Waals surface area contributed by atoms with E-state index < -0.39 is 5.54 Å². The lowest BCUT2D eigenvalue weighted by Crippen LogP contribution is -2.33. The highest BCUT2D eigenvalue weighted by Crippen LogP contribution is 2.50. The molecule has 1 atom stereocenters. The summed E-state index contributed by atoms with van der Waals surface area (Å²) in [5.74, 6) is 0.895. The number of aryl methyl sites for hydroxylation is 1. The lowest BCUT2D eigenvalue weighted by Gasteiger charge is -2.22. The van der Waals surface area contributed by atoms with Crippen LogP contribution in [-0.4, -0.2) is 52.4 Å². The van der Waals surface area contributed by atoms with Crippen molar-refractivity contribution in [1.82, 2.24) is 20.2 Å². The first kappa shape index (κ1) is 25.9. The van der Waals surface area contributed by atoms with Crippen molar-refractivity contribution in [2.45, 2.75) is 57.2 Å². The second kappa shape index (κ2) is 11.0. The Morgan fingerprint density at radius 1 is 1.24 bits per heavy atom. The van der Waals surface area contributed by atoms with Crippen LogP contribution in [0, 0.1) is 6.92 Å². The van der Waals surface area contributed by atoms with Crippen LogP contribution in [0.2, 0.25) is 0 Å². The molecule has 0 radical (unpaired) electrons. The molecule has 2 saturated carbocycles. The number of carbonyl (C=O) groups excluding carboxylic acids is 1. The largest absolute Gasteiger partial charge is 0.492 e. The van der Waals surface area contributed by atoms with Gasteiger partial charge in [0.2, 0.25) is 0 Å². The molecule has 1 heterocycles. The number of benzene rings is 2. The molecule has 3 aromatic rings. The van der Waals surface area contributed by atoms with E-state index in [9.17, 15) is 14.7 Å². The van der Waals surface area contributed by atoms with Gasteiger partial charge in [0.1, 0.15) is 12.4 Å². The Morgan fingerprint density at radius 3 is 2.76 bits per heavy atom. The van der Waals surface area contributed by atoms with Crippen LogP contribution in [0.3, 0.4) is 0 Å². The highest BCUT2D eigenvalue weighted by Gasteiger charge is 2.47. The topological polar surface area (TPSA) is 118 Å². The number of amides is 1. The summed E-state index contributed by atoms with van der Waals surface area (Å²) in [4.78, 5) is 30.6. The number of nitrogens with one attached hydrogen (secondary N) is 3. The molecule has 200 valence electrons. The Hall–Kier alpha value is -3.69. The molecule has 9 heteroatoms. The number of hydrogen-bond acceptors (Lipinski definition) is 7. The zero-order valence-electron chi connectivity index (χ0n) is 21.9. The molecule has 38 heavy (non-hydrogen) atoms. The first-order valence-electron chi connectivity index (χ1n) is 13.2. The highest BCUT2D eigenvalue weighted by molar-refractivity contribution is 5.95. The number of carbonyl (C=O) groups is 1. The van der Waals surface area contributed by atoms with Gasteiger partial charge >= 0.3 is 0 Å². The van der Waals surface area contributed by atoms with E-state index in [-0.39, 0.29) is 36.0 Å². The molecular formula is C29H35N5O4. The molecule has 0 spiro atoms. The van der Waals surface area contributed by atoms with Gasteiger partial charge in [-0.05, 0) is 63.3 Å². The van der Waals surface area contributed by atoms with Crippen LogP contribution in [0.1, 0.15) is 54.1 Å². The van der Waals surface area contributed by atoms with E-state index in [0.717, 1.165) is 42.6 Å². The predicted molar refractivity (Wildman–Crippen MR) is 146 cm³/mol. The van der Waals surface area contributed by atoms with Gasteiger partial charge in [0, 0.05) is 42.1 Å². The number of aliphatic hydroxyl groups is 1. The third kappa shape index (κ3) is 5.74.